The summed E-state index contributed by atoms with van der Waals surface area (Å²) < 4.78 is 0.506. The van der Waals surface area contributed by atoms with E-state index in [2.05, 4.69) is 94.5 Å². The molecule has 5 aliphatic rings. The molecule has 0 aliphatic carbocycles. The summed E-state index contributed by atoms with van der Waals surface area (Å²) in [5.74, 6) is 0. The van der Waals surface area contributed by atoms with Crippen molar-refractivity contribution in [2.24, 2.45) is 21.7 Å². The molecule has 5 aliphatic heterocycles. The Morgan fingerprint density at radius 2 is 1.35 bits per heavy atom. The molecule has 0 N–H and O–H groups in total. The lowest BCUT2D eigenvalue weighted by molar-refractivity contribution is 0.295. The van der Waals surface area contributed by atoms with Crippen LogP contribution in [0.15, 0.2) is 0 Å². The van der Waals surface area contributed by atoms with Crippen molar-refractivity contribution in [1.82, 2.24) is 0 Å². The maximum Gasteiger partial charge on any atom is 0.173 e. The quantitative estimate of drug-likeness (QED) is 0.291. The topological polar surface area (TPSA) is 0 Å². The Morgan fingerprint density at radius 3 is 1.69 bits per heavy atom. The fourth-order valence-electron chi connectivity index (χ4n) is 6.26. The molecular formula is C20H36BrP4S+. The van der Waals surface area contributed by atoms with Crippen molar-refractivity contribution in [2.45, 2.75) is 97.1 Å². The van der Waals surface area contributed by atoms with Crippen molar-refractivity contribution in [1.29, 1.82) is 0 Å². The Balaban J connectivity index is 2.13. The predicted octanol–water partition coefficient (Wildman–Crippen LogP) is 10.2. The van der Waals surface area contributed by atoms with Crippen LogP contribution >= 0.6 is 55.5 Å². The summed E-state index contributed by atoms with van der Waals surface area (Å²) in [6.45, 7) is 30.8. The van der Waals surface area contributed by atoms with Crippen LogP contribution in [0, 0.1) is 21.7 Å². The lowest BCUT2D eigenvalue weighted by Crippen LogP contribution is -2.42. The van der Waals surface area contributed by atoms with Crippen LogP contribution < -0.4 is 0 Å². The van der Waals surface area contributed by atoms with Crippen LogP contribution in [0.1, 0.15) is 83.1 Å². The molecule has 0 aromatic heterocycles. The third-order valence-corrected chi connectivity index (χ3v) is 43.7. The summed E-state index contributed by atoms with van der Waals surface area (Å²) in [5.41, 5.74) is 0.206. The Hall–Kier alpha value is 2.29. The summed E-state index contributed by atoms with van der Waals surface area (Å²) in [7, 11) is 1.69. The number of halogens is 1. The van der Waals surface area contributed by atoms with E-state index in [9.17, 15) is 0 Å². The van der Waals surface area contributed by atoms with Gasteiger partial charge in [0.15, 0.2) is 25.4 Å². The van der Waals surface area contributed by atoms with Crippen molar-refractivity contribution in [2.75, 3.05) is 0 Å². The second-order valence-corrected chi connectivity index (χ2v) is 31.8. The summed E-state index contributed by atoms with van der Waals surface area (Å²) in [4.78, 5) is 1.17. The van der Waals surface area contributed by atoms with E-state index in [1.54, 1.807) is 7.89 Å². The van der Waals surface area contributed by atoms with Crippen LogP contribution in [0.2, 0.25) is 0 Å². The number of hydrogen-bond acceptors (Lipinski definition) is 1. The average molecular weight is 512 g/mol. The van der Waals surface area contributed by atoms with E-state index in [1.807, 2.05) is 5.03 Å². The predicted molar refractivity (Wildman–Crippen MR) is 135 cm³/mol. The molecule has 148 valence electrons. The van der Waals surface area contributed by atoms with Crippen molar-refractivity contribution in [3.05, 3.63) is 0 Å². The minimum atomic E-state index is -1.31. The molecule has 0 amide bonds. The highest BCUT2D eigenvalue weighted by molar-refractivity contribution is 9.50. The number of hydrogen-bond donors (Lipinski definition) is 0. The molecule has 6 bridgehead atoms. The third-order valence-electron chi connectivity index (χ3n) is 6.88. The van der Waals surface area contributed by atoms with E-state index in [-0.39, 0.29) is 15.0 Å². The van der Waals surface area contributed by atoms with Gasteiger partial charge in [0.2, 0.25) is 0 Å². The van der Waals surface area contributed by atoms with Crippen LogP contribution in [0.25, 0.3) is 0 Å². The Kier molecular flexibility index (Phi) is 4.16. The van der Waals surface area contributed by atoms with Crippen LogP contribution in [0.3, 0.4) is 0 Å². The fraction of sp³-hybridized carbons (Fsp3) is 0.950. The summed E-state index contributed by atoms with van der Waals surface area (Å²) in [6, 6.07) is 0. The summed E-state index contributed by atoms with van der Waals surface area (Å²) >= 11 is 7.28. The van der Waals surface area contributed by atoms with E-state index in [4.69, 9.17) is 15.5 Å². The fourth-order valence-corrected chi connectivity index (χ4v) is 65.5. The zero-order valence-electron chi connectivity index (χ0n) is 18.6. The van der Waals surface area contributed by atoms with Gasteiger partial charge in [-0.15, -0.1) is 0 Å². The van der Waals surface area contributed by atoms with Gasteiger partial charge in [-0.3, -0.25) is 0 Å². The van der Waals surface area contributed by atoms with Crippen molar-refractivity contribution in [3.8, 4) is 0 Å². The average Bonchev–Trinajstić information content (AvgIpc) is 2.56. The minimum absolute atomic E-state index is 0.0386. The molecule has 6 heteroatoms. The monoisotopic (exact) mass is 511 g/mol. The van der Waals surface area contributed by atoms with Gasteiger partial charge in [0.05, 0.1) is 4.90 Å². The molecule has 26 heavy (non-hydrogen) atoms. The van der Waals surface area contributed by atoms with Crippen LogP contribution in [-0.2, 0) is 0 Å². The normalized spacial score (nSPS) is 50.3. The highest BCUT2D eigenvalue weighted by Crippen LogP contribution is 3.37. The molecule has 0 nitrogen and oxygen atoms in total. The van der Waals surface area contributed by atoms with Crippen LogP contribution in [0.4, 0.5) is 0 Å². The molecule has 0 aromatic carbocycles. The van der Waals surface area contributed by atoms with Gasteiger partial charge in [-0.1, -0.05) is 94.5 Å². The van der Waals surface area contributed by atoms with Crippen molar-refractivity contribution >= 4 is 60.5 Å². The number of rotatable bonds is 0. The molecule has 5 heterocycles. The van der Waals surface area contributed by atoms with Gasteiger partial charge < -0.3 is 0 Å². The molecular weight excluding hydrogens is 476 g/mol. The molecule has 0 spiro atoms. The van der Waals surface area contributed by atoms with E-state index < -0.39 is 5.65 Å². The molecule has 0 aromatic rings. The van der Waals surface area contributed by atoms with Crippen molar-refractivity contribution < 1.29 is 0 Å². The Morgan fingerprint density at radius 1 is 0.846 bits per heavy atom. The van der Waals surface area contributed by atoms with Crippen LogP contribution in [-0.4, -0.2) is 19.1 Å². The first-order valence-corrected chi connectivity index (χ1v) is 19.3. The van der Waals surface area contributed by atoms with Crippen molar-refractivity contribution in [3.63, 3.8) is 0 Å². The maximum absolute atomic E-state index is 4.74. The van der Waals surface area contributed by atoms with Gasteiger partial charge in [0.25, 0.3) is 0 Å². The van der Waals surface area contributed by atoms with E-state index in [0.29, 0.717) is 35.7 Å². The highest BCUT2D eigenvalue weighted by Gasteiger charge is 3.14. The molecule has 6 atom stereocenters. The lowest BCUT2D eigenvalue weighted by atomic mass is 9.80. The van der Waals surface area contributed by atoms with Gasteiger partial charge in [-0.2, -0.15) is 0 Å². The first-order chi connectivity index (χ1) is 11.3. The zero-order valence-corrected chi connectivity index (χ0v) is 24.6. The molecule has 0 saturated carbocycles. The minimum Gasteiger partial charge on any atom is -0.0747 e. The smallest absolute Gasteiger partial charge is 0.0747 e. The first-order valence-electron chi connectivity index (χ1n) is 9.79. The largest absolute Gasteiger partial charge is 0.173 e. The van der Waals surface area contributed by atoms with Gasteiger partial charge >= 0.3 is 0 Å². The SMILES string of the molecule is CC(C)(C)C1=P[P+]2(Br)C3(C(C)(C)C)SP4C(C(C)(C)C)(P13)C42C(C)(C)C. The molecule has 4 fully saturated rings. The summed E-state index contributed by atoms with van der Waals surface area (Å²) in [6.07, 6.45) is 0. The van der Waals surface area contributed by atoms with E-state index in [0.717, 1.165) is 0 Å². The Labute approximate surface area is 178 Å². The third kappa shape index (κ3) is 1.74. The summed E-state index contributed by atoms with van der Waals surface area (Å²) in [5, 5.41) is 1.96. The van der Waals surface area contributed by atoms with Gasteiger partial charge in [0, 0.05) is 30.9 Å². The van der Waals surface area contributed by atoms with E-state index >= 15 is 0 Å². The van der Waals surface area contributed by atoms with Gasteiger partial charge in [0.1, 0.15) is 12.8 Å². The lowest BCUT2D eigenvalue weighted by Gasteiger charge is -2.42. The molecule has 5 rings (SSSR count). The second-order valence-electron chi connectivity index (χ2n) is 12.7. The maximum atomic E-state index is 4.74. The molecule has 6 unspecified atom stereocenters. The standard InChI is InChI=1S/C20H36BrP4S/c1-14(2,3)13-22-25(21)19(16(7,8)9)18(15(4,5)6)23(13)20(25,17(10,11)12)26-24(18)19/h1-12H3/q+1. The zero-order chi connectivity index (χ0) is 20.1. The Bertz CT molecular complexity index is 737. The molecule has 4 saturated heterocycles. The van der Waals surface area contributed by atoms with E-state index in [1.165, 1.54) is 0 Å². The second kappa shape index (κ2) is 5.02. The van der Waals surface area contributed by atoms with Crippen LogP contribution in [0.5, 0.6) is 0 Å². The highest BCUT2D eigenvalue weighted by atomic mass is 79.9. The first kappa shape index (κ1) is 21.5. The van der Waals surface area contributed by atoms with Gasteiger partial charge in [-0.25, -0.2) is 0 Å². The molecule has 0 radical (unpaired) electrons. The van der Waals surface area contributed by atoms with Gasteiger partial charge in [-0.05, 0) is 10.8 Å².